The highest BCUT2D eigenvalue weighted by atomic mass is 14.2. The van der Waals surface area contributed by atoms with Crippen LogP contribution in [0.4, 0.5) is 0 Å². The van der Waals surface area contributed by atoms with E-state index in [0.717, 1.165) is 6.42 Å². The first-order valence-electron chi connectivity index (χ1n) is 11.3. The molecule has 0 amide bonds. The molecule has 7 rings (SSSR count). The molecule has 0 nitrogen and oxygen atoms in total. The molecular weight excluding hydrogens is 384 g/mol. The van der Waals surface area contributed by atoms with E-state index in [1.807, 2.05) is 0 Å². The van der Waals surface area contributed by atoms with Gasteiger partial charge in [0.1, 0.15) is 0 Å². The molecule has 1 aliphatic rings. The van der Waals surface area contributed by atoms with Gasteiger partial charge in [-0.2, -0.15) is 0 Å². The molecule has 0 fully saturated rings. The SMILES string of the molecule is Cc1ccc(-c2ccc3ccc4c(C5=Cc6ccccc6C5)ccc5ccc2c3c54)cc1. The molecule has 0 atom stereocenters. The monoisotopic (exact) mass is 406 g/mol. The second-order valence-corrected chi connectivity index (χ2v) is 9.06. The minimum atomic E-state index is 1.01. The van der Waals surface area contributed by atoms with E-state index < -0.39 is 0 Å². The van der Waals surface area contributed by atoms with Gasteiger partial charge in [0.2, 0.25) is 0 Å². The number of hydrogen-bond acceptors (Lipinski definition) is 0. The van der Waals surface area contributed by atoms with Gasteiger partial charge < -0.3 is 0 Å². The predicted molar refractivity (Wildman–Crippen MR) is 138 cm³/mol. The summed E-state index contributed by atoms with van der Waals surface area (Å²) in [7, 11) is 0. The van der Waals surface area contributed by atoms with Crippen LogP contribution in [0.3, 0.4) is 0 Å². The first kappa shape index (κ1) is 17.7. The molecule has 0 saturated heterocycles. The fraction of sp³-hybridized carbons (Fsp3) is 0.0625. The Morgan fingerprint density at radius 1 is 0.562 bits per heavy atom. The van der Waals surface area contributed by atoms with E-state index in [-0.39, 0.29) is 0 Å². The summed E-state index contributed by atoms with van der Waals surface area (Å²) < 4.78 is 0. The Balaban J connectivity index is 1.51. The summed E-state index contributed by atoms with van der Waals surface area (Å²) >= 11 is 0. The molecule has 0 bridgehead atoms. The molecule has 0 heteroatoms. The van der Waals surface area contributed by atoms with Crippen LogP contribution in [0.1, 0.15) is 22.3 Å². The van der Waals surface area contributed by atoms with E-state index in [1.54, 1.807) is 0 Å². The normalized spacial score (nSPS) is 13.2. The zero-order chi connectivity index (χ0) is 21.2. The van der Waals surface area contributed by atoms with Crippen molar-refractivity contribution in [3.8, 4) is 11.1 Å². The molecule has 32 heavy (non-hydrogen) atoms. The summed E-state index contributed by atoms with van der Waals surface area (Å²) in [5.41, 5.74) is 9.45. The molecule has 0 spiro atoms. The summed E-state index contributed by atoms with van der Waals surface area (Å²) in [4.78, 5) is 0. The number of benzene rings is 6. The lowest BCUT2D eigenvalue weighted by atomic mass is 9.87. The van der Waals surface area contributed by atoms with Crippen molar-refractivity contribution < 1.29 is 0 Å². The summed E-state index contributed by atoms with van der Waals surface area (Å²) in [6, 6.07) is 36.1. The van der Waals surface area contributed by atoms with Gasteiger partial charge in [0.25, 0.3) is 0 Å². The van der Waals surface area contributed by atoms with Crippen molar-refractivity contribution in [2.24, 2.45) is 0 Å². The van der Waals surface area contributed by atoms with Crippen molar-refractivity contribution in [1.29, 1.82) is 0 Å². The van der Waals surface area contributed by atoms with E-state index in [1.165, 1.54) is 71.3 Å². The third kappa shape index (κ3) is 2.50. The van der Waals surface area contributed by atoms with Gasteiger partial charge in [0.05, 0.1) is 0 Å². The average Bonchev–Trinajstić information content (AvgIpc) is 3.27. The number of aryl methyl sites for hydroxylation is 1. The van der Waals surface area contributed by atoms with Gasteiger partial charge in [-0.15, -0.1) is 0 Å². The van der Waals surface area contributed by atoms with Crippen molar-refractivity contribution in [1.82, 2.24) is 0 Å². The van der Waals surface area contributed by atoms with E-state index >= 15 is 0 Å². The minimum Gasteiger partial charge on any atom is -0.0619 e. The summed E-state index contributed by atoms with van der Waals surface area (Å²) in [5, 5.41) is 8.11. The van der Waals surface area contributed by atoms with E-state index in [2.05, 4.69) is 110 Å². The molecule has 0 aliphatic heterocycles. The zero-order valence-corrected chi connectivity index (χ0v) is 18.0. The van der Waals surface area contributed by atoms with Crippen molar-refractivity contribution in [3.63, 3.8) is 0 Å². The van der Waals surface area contributed by atoms with Crippen LogP contribution < -0.4 is 0 Å². The van der Waals surface area contributed by atoms with E-state index in [4.69, 9.17) is 0 Å². The average molecular weight is 407 g/mol. The fourth-order valence-electron chi connectivity index (χ4n) is 5.52. The predicted octanol–water partition coefficient (Wildman–Crippen LogP) is 8.66. The topological polar surface area (TPSA) is 0 Å². The Bertz CT molecular complexity index is 1680. The molecule has 6 aromatic carbocycles. The van der Waals surface area contributed by atoms with E-state index in [0.29, 0.717) is 0 Å². The molecular formula is C32H22. The zero-order valence-electron chi connectivity index (χ0n) is 18.0. The molecule has 6 aromatic rings. The number of fused-ring (bicyclic) bond motifs is 1. The maximum absolute atomic E-state index is 2.37. The van der Waals surface area contributed by atoms with Gasteiger partial charge in [0, 0.05) is 0 Å². The van der Waals surface area contributed by atoms with Gasteiger partial charge in [-0.05, 0) is 79.1 Å². The van der Waals surface area contributed by atoms with Crippen LogP contribution in [0.15, 0.2) is 97.1 Å². The Morgan fingerprint density at radius 3 is 1.91 bits per heavy atom. The van der Waals surface area contributed by atoms with Crippen molar-refractivity contribution in [3.05, 3.63) is 119 Å². The number of hydrogen-bond donors (Lipinski definition) is 0. The van der Waals surface area contributed by atoms with Crippen LogP contribution in [0.25, 0.3) is 55.1 Å². The van der Waals surface area contributed by atoms with Crippen LogP contribution in [0.2, 0.25) is 0 Å². The molecule has 0 unspecified atom stereocenters. The molecule has 1 aliphatic carbocycles. The molecule has 0 radical (unpaired) electrons. The highest BCUT2D eigenvalue weighted by Gasteiger charge is 2.18. The smallest absolute Gasteiger partial charge is 0.00135 e. The van der Waals surface area contributed by atoms with Crippen molar-refractivity contribution in [2.75, 3.05) is 0 Å². The van der Waals surface area contributed by atoms with Crippen LogP contribution in [0.5, 0.6) is 0 Å². The second kappa shape index (κ2) is 6.55. The van der Waals surface area contributed by atoms with Crippen LogP contribution in [-0.2, 0) is 6.42 Å². The standard InChI is InChI=1S/C32H22/c1-20-6-8-21(9-7-20)27-14-10-22-13-17-30-28(26-18-24-4-2-3-5-25(24)19-26)15-11-23-12-16-29(27)31(22)32(23)30/h2-18H,19H2,1H3. The van der Waals surface area contributed by atoms with Gasteiger partial charge in [0.15, 0.2) is 0 Å². The molecule has 0 N–H and O–H groups in total. The van der Waals surface area contributed by atoms with Gasteiger partial charge >= 0.3 is 0 Å². The van der Waals surface area contributed by atoms with Gasteiger partial charge in [-0.1, -0.05) is 109 Å². The minimum absolute atomic E-state index is 1.01. The molecule has 150 valence electrons. The summed E-state index contributed by atoms with van der Waals surface area (Å²) in [5.74, 6) is 0. The second-order valence-electron chi connectivity index (χ2n) is 9.06. The lowest BCUT2D eigenvalue weighted by Crippen LogP contribution is -1.92. The maximum atomic E-state index is 2.37. The van der Waals surface area contributed by atoms with Crippen molar-refractivity contribution in [2.45, 2.75) is 13.3 Å². The summed E-state index contributed by atoms with van der Waals surface area (Å²) in [6.07, 6.45) is 3.38. The Morgan fingerprint density at radius 2 is 1.19 bits per heavy atom. The third-order valence-corrected chi connectivity index (χ3v) is 7.14. The first-order chi connectivity index (χ1) is 15.8. The molecule has 0 aromatic heterocycles. The van der Waals surface area contributed by atoms with Crippen LogP contribution >= 0.6 is 0 Å². The molecule has 0 saturated carbocycles. The fourth-order valence-corrected chi connectivity index (χ4v) is 5.52. The van der Waals surface area contributed by atoms with Gasteiger partial charge in [-0.25, -0.2) is 0 Å². The Hall–Kier alpha value is -3.90. The van der Waals surface area contributed by atoms with Crippen LogP contribution in [0, 0.1) is 6.92 Å². The highest BCUT2D eigenvalue weighted by Crippen LogP contribution is 2.43. The van der Waals surface area contributed by atoms with Crippen LogP contribution in [-0.4, -0.2) is 0 Å². The van der Waals surface area contributed by atoms with E-state index in [9.17, 15) is 0 Å². The van der Waals surface area contributed by atoms with Gasteiger partial charge in [-0.3, -0.25) is 0 Å². The third-order valence-electron chi connectivity index (χ3n) is 7.14. The first-order valence-corrected chi connectivity index (χ1v) is 11.3. The highest BCUT2D eigenvalue weighted by molar-refractivity contribution is 6.27. The van der Waals surface area contributed by atoms with Crippen molar-refractivity contribution >= 4 is 44.0 Å². The number of rotatable bonds is 2. The lowest BCUT2D eigenvalue weighted by molar-refractivity contribution is 1.32. The summed E-state index contributed by atoms with van der Waals surface area (Å²) in [6.45, 7) is 2.14. The largest absolute Gasteiger partial charge is 0.0619 e. The molecule has 0 heterocycles. The Labute approximate surface area is 187 Å². The lowest BCUT2D eigenvalue weighted by Gasteiger charge is -2.17. The Kier molecular flexibility index (Phi) is 3.63. The maximum Gasteiger partial charge on any atom is -0.00135 e. The number of allylic oxidation sites excluding steroid dienone is 1. The quantitative estimate of drug-likeness (QED) is 0.252.